The lowest BCUT2D eigenvalue weighted by Crippen LogP contribution is -2.32. The summed E-state index contributed by atoms with van der Waals surface area (Å²) in [7, 11) is 3.95. The van der Waals surface area contributed by atoms with Crippen LogP contribution in [0.3, 0.4) is 0 Å². The first kappa shape index (κ1) is 13.8. The molecule has 1 aromatic carbocycles. The van der Waals surface area contributed by atoms with Crippen molar-refractivity contribution in [3.05, 3.63) is 23.5 Å². The molecule has 1 aliphatic rings. The minimum absolute atomic E-state index is 0.295. The van der Waals surface area contributed by atoms with Crippen LogP contribution in [0.1, 0.15) is 0 Å². The molecule has 0 unspecified atom stereocenters. The predicted molar refractivity (Wildman–Crippen MR) is 88.4 cm³/mol. The monoisotopic (exact) mass is 308 g/mol. The van der Waals surface area contributed by atoms with E-state index < -0.39 is 0 Å². The zero-order chi connectivity index (χ0) is 14.1. The average molecular weight is 309 g/mol. The van der Waals surface area contributed by atoms with Crippen molar-refractivity contribution < 1.29 is 0 Å². The van der Waals surface area contributed by atoms with Gasteiger partial charge in [0.15, 0.2) is 0 Å². The second kappa shape index (κ2) is 5.66. The second-order valence-corrected chi connectivity index (χ2v) is 6.57. The van der Waals surface area contributed by atoms with Gasteiger partial charge in [-0.1, -0.05) is 0 Å². The maximum Gasteiger partial charge on any atom is 0.224 e. The summed E-state index contributed by atoms with van der Waals surface area (Å²) in [4.78, 5) is 13.1. The van der Waals surface area contributed by atoms with Gasteiger partial charge in [-0.05, 0) is 29.8 Å². The molecule has 20 heavy (non-hydrogen) atoms. The molecule has 0 radical (unpaired) electrons. The zero-order valence-electron chi connectivity index (χ0n) is 11.6. The summed E-state index contributed by atoms with van der Waals surface area (Å²) < 4.78 is 0. The Hall–Kier alpha value is -1.20. The number of rotatable bonds is 2. The van der Waals surface area contributed by atoms with E-state index in [0.717, 1.165) is 29.8 Å². The van der Waals surface area contributed by atoms with Crippen molar-refractivity contribution in [1.29, 1.82) is 0 Å². The topological polar surface area (TPSA) is 32.3 Å². The molecule has 6 heteroatoms. The van der Waals surface area contributed by atoms with Crippen LogP contribution in [0.25, 0.3) is 10.9 Å². The summed E-state index contributed by atoms with van der Waals surface area (Å²) in [5.41, 5.74) is 2.13. The number of hydrogen-bond donors (Lipinski definition) is 0. The van der Waals surface area contributed by atoms with Crippen molar-refractivity contribution in [3.8, 4) is 0 Å². The molecule has 1 aliphatic heterocycles. The minimum Gasteiger partial charge on any atom is -0.370 e. The van der Waals surface area contributed by atoms with Gasteiger partial charge in [0.25, 0.3) is 0 Å². The van der Waals surface area contributed by atoms with Gasteiger partial charge >= 0.3 is 0 Å². The van der Waals surface area contributed by atoms with Crippen LogP contribution in [-0.4, -0.2) is 48.7 Å². The van der Waals surface area contributed by atoms with E-state index in [-0.39, 0.29) is 0 Å². The van der Waals surface area contributed by atoms with Crippen molar-refractivity contribution in [2.24, 2.45) is 0 Å². The molecule has 2 heterocycles. The molecule has 0 N–H and O–H groups in total. The van der Waals surface area contributed by atoms with E-state index in [9.17, 15) is 0 Å². The predicted octanol–water partition coefficient (Wildman–Crippen LogP) is 2.90. The van der Waals surface area contributed by atoms with Crippen molar-refractivity contribution in [1.82, 2.24) is 9.97 Å². The molecular formula is C14H17ClN4S. The molecule has 1 saturated heterocycles. The number of fused-ring (bicyclic) bond motifs is 1. The third-order valence-electron chi connectivity index (χ3n) is 3.43. The second-order valence-electron chi connectivity index (χ2n) is 5.01. The SMILES string of the molecule is CN(C)c1nc(Cl)nc2ccc(N3CCSCC3)cc12. The molecule has 1 fully saturated rings. The lowest BCUT2D eigenvalue weighted by Gasteiger charge is -2.29. The van der Waals surface area contributed by atoms with E-state index in [1.807, 2.05) is 36.8 Å². The number of benzene rings is 1. The van der Waals surface area contributed by atoms with Crippen LogP contribution in [-0.2, 0) is 0 Å². The molecular weight excluding hydrogens is 292 g/mol. The number of halogens is 1. The van der Waals surface area contributed by atoms with Crippen molar-refractivity contribution >= 4 is 45.8 Å². The van der Waals surface area contributed by atoms with Crippen LogP contribution in [0, 0.1) is 0 Å². The Morgan fingerprint density at radius 2 is 1.95 bits per heavy atom. The molecule has 1 aromatic heterocycles. The van der Waals surface area contributed by atoms with Crippen LogP contribution in [0.15, 0.2) is 18.2 Å². The lowest BCUT2D eigenvalue weighted by atomic mass is 10.2. The Balaban J connectivity index is 2.09. The normalized spacial score (nSPS) is 15.7. The van der Waals surface area contributed by atoms with Gasteiger partial charge in [0.1, 0.15) is 5.82 Å². The van der Waals surface area contributed by atoms with E-state index in [0.29, 0.717) is 5.28 Å². The highest BCUT2D eigenvalue weighted by Crippen LogP contribution is 2.29. The Kier molecular flexibility index (Phi) is 3.89. The highest BCUT2D eigenvalue weighted by atomic mass is 35.5. The molecule has 0 spiro atoms. The van der Waals surface area contributed by atoms with Gasteiger partial charge in [-0.15, -0.1) is 0 Å². The van der Waals surface area contributed by atoms with Gasteiger partial charge in [-0.25, -0.2) is 4.98 Å². The first-order chi connectivity index (χ1) is 9.65. The molecule has 106 valence electrons. The van der Waals surface area contributed by atoms with Crippen molar-refractivity contribution in [2.75, 3.05) is 48.5 Å². The summed E-state index contributed by atoms with van der Waals surface area (Å²) >= 11 is 8.01. The molecule has 0 amide bonds. The smallest absolute Gasteiger partial charge is 0.224 e. The lowest BCUT2D eigenvalue weighted by molar-refractivity contribution is 0.859. The molecule has 3 rings (SSSR count). The van der Waals surface area contributed by atoms with E-state index in [1.54, 1.807) is 0 Å². The molecule has 2 aromatic rings. The standard InChI is InChI=1S/C14H17ClN4S/c1-18(2)13-11-9-10(19-5-7-20-8-6-19)3-4-12(11)16-14(15)17-13/h3-4,9H,5-8H2,1-2H3. The van der Waals surface area contributed by atoms with Crippen LogP contribution >= 0.6 is 23.4 Å². The molecule has 0 aliphatic carbocycles. The molecule has 4 nitrogen and oxygen atoms in total. The Morgan fingerprint density at radius 3 is 2.65 bits per heavy atom. The summed E-state index contributed by atoms with van der Waals surface area (Å²) in [6.45, 7) is 2.20. The summed E-state index contributed by atoms with van der Waals surface area (Å²) in [6.07, 6.45) is 0. The maximum atomic E-state index is 5.99. The van der Waals surface area contributed by atoms with E-state index >= 15 is 0 Å². The van der Waals surface area contributed by atoms with Crippen LogP contribution in [0.4, 0.5) is 11.5 Å². The minimum atomic E-state index is 0.295. The highest BCUT2D eigenvalue weighted by Gasteiger charge is 2.14. The number of anilines is 2. The Labute approximate surface area is 128 Å². The fraction of sp³-hybridized carbons (Fsp3) is 0.429. The first-order valence-electron chi connectivity index (χ1n) is 6.62. The van der Waals surface area contributed by atoms with E-state index in [4.69, 9.17) is 11.6 Å². The van der Waals surface area contributed by atoms with Gasteiger partial charge in [-0.2, -0.15) is 16.7 Å². The zero-order valence-corrected chi connectivity index (χ0v) is 13.2. The van der Waals surface area contributed by atoms with Gasteiger partial charge in [-0.3, -0.25) is 0 Å². The Bertz CT molecular complexity index is 626. The van der Waals surface area contributed by atoms with Gasteiger partial charge < -0.3 is 9.80 Å². The summed E-state index contributed by atoms with van der Waals surface area (Å²) in [5, 5.41) is 1.35. The number of nitrogens with zero attached hydrogens (tertiary/aromatic N) is 4. The fourth-order valence-electron chi connectivity index (χ4n) is 2.43. The van der Waals surface area contributed by atoms with Gasteiger partial charge in [0, 0.05) is 49.8 Å². The highest BCUT2D eigenvalue weighted by molar-refractivity contribution is 7.99. The van der Waals surface area contributed by atoms with Crippen molar-refractivity contribution in [2.45, 2.75) is 0 Å². The van der Waals surface area contributed by atoms with Gasteiger partial charge in [0.05, 0.1) is 5.52 Å². The average Bonchev–Trinajstić information content (AvgIpc) is 2.46. The summed E-state index contributed by atoms with van der Waals surface area (Å²) in [6, 6.07) is 6.34. The number of thioether (sulfide) groups is 1. The maximum absolute atomic E-state index is 5.99. The molecule has 0 atom stereocenters. The number of aromatic nitrogens is 2. The number of hydrogen-bond acceptors (Lipinski definition) is 5. The largest absolute Gasteiger partial charge is 0.370 e. The van der Waals surface area contributed by atoms with Crippen LogP contribution < -0.4 is 9.80 Å². The third kappa shape index (κ3) is 2.65. The molecule has 0 bridgehead atoms. The van der Waals surface area contributed by atoms with Crippen LogP contribution in [0.2, 0.25) is 5.28 Å². The third-order valence-corrected chi connectivity index (χ3v) is 4.54. The summed E-state index contributed by atoms with van der Waals surface area (Å²) in [5.74, 6) is 3.25. The van der Waals surface area contributed by atoms with Crippen LogP contribution in [0.5, 0.6) is 0 Å². The van der Waals surface area contributed by atoms with Crippen molar-refractivity contribution in [3.63, 3.8) is 0 Å². The van der Waals surface area contributed by atoms with Gasteiger partial charge in [0.2, 0.25) is 5.28 Å². The van der Waals surface area contributed by atoms with E-state index in [2.05, 4.69) is 27.0 Å². The quantitative estimate of drug-likeness (QED) is 0.797. The fourth-order valence-corrected chi connectivity index (χ4v) is 3.51. The van der Waals surface area contributed by atoms with E-state index in [1.165, 1.54) is 17.2 Å². The molecule has 0 saturated carbocycles. The Morgan fingerprint density at radius 1 is 1.20 bits per heavy atom. The first-order valence-corrected chi connectivity index (χ1v) is 8.16.